The van der Waals surface area contributed by atoms with Gasteiger partial charge in [-0.05, 0) is 37.1 Å². The summed E-state index contributed by atoms with van der Waals surface area (Å²) in [5.41, 5.74) is 5.92. The van der Waals surface area contributed by atoms with Crippen molar-refractivity contribution in [3.05, 3.63) is 40.9 Å². The van der Waals surface area contributed by atoms with Crippen molar-refractivity contribution in [2.24, 2.45) is 5.73 Å². The van der Waals surface area contributed by atoms with E-state index in [1.165, 1.54) is 25.7 Å². The van der Waals surface area contributed by atoms with Gasteiger partial charge in [0, 0.05) is 30.2 Å². The van der Waals surface area contributed by atoms with E-state index < -0.39 is 17.6 Å². The van der Waals surface area contributed by atoms with Crippen molar-refractivity contribution in [1.29, 1.82) is 0 Å². The number of rotatable bonds is 6. The first-order valence-corrected chi connectivity index (χ1v) is 10.4. The van der Waals surface area contributed by atoms with Crippen molar-refractivity contribution in [3.8, 4) is 23.0 Å². The van der Waals surface area contributed by atoms with Crippen LogP contribution in [-0.2, 0) is 4.79 Å². The lowest BCUT2D eigenvalue weighted by Gasteiger charge is -2.31. The molecule has 31 heavy (non-hydrogen) atoms. The van der Waals surface area contributed by atoms with Crippen molar-refractivity contribution < 1.29 is 28.5 Å². The molecule has 2 aromatic rings. The van der Waals surface area contributed by atoms with Crippen LogP contribution in [-0.4, -0.2) is 31.3 Å². The predicted octanol–water partition coefficient (Wildman–Crippen LogP) is 3.90. The number of anilines is 1. The number of methoxy groups -OCH3 is 1. The van der Waals surface area contributed by atoms with Gasteiger partial charge in [0.05, 0.1) is 12.1 Å². The average Bonchev–Trinajstić information content (AvgIpc) is 3.09. The average molecular weight is 447 g/mol. The molecule has 1 aliphatic carbocycles. The molecule has 164 valence electrons. The van der Waals surface area contributed by atoms with Crippen molar-refractivity contribution in [1.82, 2.24) is 0 Å². The molecule has 1 heterocycles. The highest BCUT2D eigenvalue weighted by molar-refractivity contribution is 6.32. The molecule has 1 aliphatic heterocycles. The summed E-state index contributed by atoms with van der Waals surface area (Å²) < 4.78 is 22.7. The maximum absolute atomic E-state index is 12.8. The largest absolute Gasteiger partial charge is 0.493 e. The van der Waals surface area contributed by atoms with Crippen molar-refractivity contribution >= 4 is 29.1 Å². The van der Waals surface area contributed by atoms with Gasteiger partial charge in [-0.1, -0.05) is 18.0 Å². The Kier molecular flexibility index (Phi) is 5.82. The topological polar surface area (TPSA) is 109 Å². The number of amides is 2. The summed E-state index contributed by atoms with van der Waals surface area (Å²) >= 11 is 6.23. The van der Waals surface area contributed by atoms with E-state index >= 15 is 0 Å². The highest BCUT2D eigenvalue weighted by atomic mass is 35.5. The van der Waals surface area contributed by atoms with Crippen molar-refractivity contribution in [2.75, 3.05) is 19.0 Å². The third-order valence-electron chi connectivity index (χ3n) is 5.26. The number of nitrogens with two attached hydrogens (primary N) is 1. The van der Waals surface area contributed by atoms with Gasteiger partial charge in [-0.25, -0.2) is 0 Å². The number of fused-ring (bicyclic) bond motifs is 1. The van der Waals surface area contributed by atoms with Crippen molar-refractivity contribution in [2.45, 2.75) is 37.9 Å². The molecular weight excluding hydrogens is 424 g/mol. The highest BCUT2D eigenvalue weighted by Crippen LogP contribution is 2.46. The molecule has 4 rings (SSSR count). The Bertz CT molecular complexity index is 1020. The van der Waals surface area contributed by atoms with Crippen molar-refractivity contribution in [3.63, 3.8) is 0 Å². The lowest BCUT2D eigenvalue weighted by atomic mass is 9.94. The highest BCUT2D eigenvalue weighted by Gasteiger charge is 2.42. The second-order valence-electron chi connectivity index (χ2n) is 7.54. The molecule has 3 N–H and O–H groups in total. The van der Waals surface area contributed by atoms with E-state index in [1.807, 2.05) is 0 Å². The van der Waals surface area contributed by atoms with Gasteiger partial charge in [-0.2, -0.15) is 0 Å². The fraction of sp³-hybridized carbons (Fsp3) is 0.364. The summed E-state index contributed by atoms with van der Waals surface area (Å²) in [6, 6.07) is 8.20. The zero-order valence-electron chi connectivity index (χ0n) is 17.0. The first-order valence-electron chi connectivity index (χ1n) is 10.0. The van der Waals surface area contributed by atoms with Crippen LogP contribution < -0.4 is 30.0 Å². The van der Waals surface area contributed by atoms with Crippen LogP contribution in [0.2, 0.25) is 5.02 Å². The number of halogens is 1. The summed E-state index contributed by atoms with van der Waals surface area (Å²) in [6.07, 6.45) is 5.03. The predicted molar refractivity (Wildman–Crippen MR) is 114 cm³/mol. The van der Waals surface area contributed by atoms with Gasteiger partial charge in [-0.15, -0.1) is 0 Å². The van der Waals surface area contributed by atoms with E-state index in [0.29, 0.717) is 17.2 Å². The first kappa shape index (κ1) is 21.1. The lowest BCUT2D eigenvalue weighted by Crippen LogP contribution is -2.40. The summed E-state index contributed by atoms with van der Waals surface area (Å²) in [7, 11) is 1.41. The monoisotopic (exact) mass is 446 g/mol. The zero-order chi connectivity index (χ0) is 22.0. The molecule has 1 saturated carbocycles. The molecule has 0 radical (unpaired) electrons. The molecule has 0 saturated heterocycles. The van der Waals surface area contributed by atoms with Crippen LogP contribution in [0.5, 0.6) is 23.0 Å². The smallest absolute Gasteiger partial charge is 0.255 e. The molecule has 0 aromatic heterocycles. The quantitative estimate of drug-likeness (QED) is 0.696. The molecule has 1 fully saturated rings. The van der Waals surface area contributed by atoms with Crippen LogP contribution in [0, 0.1) is 0 Å². The lowest BCUT2D eigenvalue weighted by molar-refractivity contribution is -0.120. The minimum atomic E-state index is -0.655. The SMILES string of the molecule is COc1cc(C(=O)Nc2ccc3c(c2)OC2(CCCCC2)O3)cc(Cl)c1OCC(N)=O. The van der Waals surface area contributed by atoms with Gasteiger partial charge in [0.25, 0.3) is 17.6 Å². The van der Waals surface area contributed by atoms with E-state index in [0.717, 1.165) is 25.7 Å². The van der Waals surface area contributed by atoms with Crippen LogP contribution >= 0.6 is 11.6 Å². The Morgan fingerprint density at radius 3 is 2.58 bits per heavy atom. The van der Waals surface area contributed by atoms with Gasteiger partial charge in [0.2, 0.25) is 0 Å². The standard InChI is InChI=1S/C22H23ClN2O6/c1-28-18-10-13(9-15(23)20(18)29-12-19(24)26)21(27)25-14-5-6-16-17(11-14)31-22(30-16)7-3-2-4-8-22/h5-6,9-11H,2-4,7-8,12H2,1H3,(H2,24,26)(H,25,27). The molecule has 0 atom stereocenters. The van der Waals surface area contributed by atoms with E-state index in [2.05, 4.69) is 5.32 Å². The zero-order valence-corrected chi connectivity index (χ0v) is 17.8. The second-order valence-corrected chi connectivity index (χ2v) is 7.94. The number of benzene rings is 2. The molecule has 9 heteroatoms. The second kappa shape index (κ2) is 8.55. The molecule has 0 bridgehead atoms. The number of carbonyl (C=O) groups excluding carboxylic acids is 2. The molecular formula is C22H23ClN2O6. The molecule has 2 amide bonds. The Hall–Kier alpha value is -3.13. The summed E-state index contributed by atoms with van der Waals surface area (Å²) in [4.78, 5) is 23.8. The molecule has 1 spiro atoms. The third-order valence-corrected chi connectivity index (χ3v) is 5.54. The minimum Gasteiger partial charge on any atom is -0.493 e. The summed E-state index contributed by atoms with van der Waals surface area (Å²) in [5, 5.41) is 2.94. The van der Waals surface area contributed by atoms with E-state index in [9.17, 15) is 9.59 Å². The van der Waals surface area contributed by atoms with Crippen LogP contribution in [0.1, 0.15) is 42.5 Å². The van der Waals surface area contributed by atoms with Crippen LogP contribution in [0.15, 0.2) is 30.3 Å². The van der Waals surface area contributed by atoms with Gasteiger partial charge < -0.3 is 30.0 Å². The van der Waals surface area contributed by atoms with E-state index in [4.69, 9.17) is 36.3 Å². The first-order chi connectivity index (χ1) is 14.9. The van der Waals surface area contributed by atoms with Gasteiger partial charge in [0.1, 0.15) is 0 Å². The van der Waals surface area contributed by atoms with Crippen LogP contribution in [0.3, 0.4) is 0 Å². The number of nitrogens with one attached hydrogen (secondary N) is 1. The number of carbonyl (C=O) groups is 2. The van der Waals surface area contributed by atoms with Crippen LogP contribution in [0.4, 0.5) is 5.69 Å². The fourth-order valence-corrected chi connectivity index (χ4v) is 4.07. The van der Waals surface area contributed by atoms with E-state index in [1.54, 1.807) is 18.2 Å². The molecule has 8 nitrogen and oxygen atoms in total. The van der Waals surface area contributed by atoms with E-state index in [-0.39, 0.29) is 28.7 Å². The molecule has 2 aromatic carbocycles. The van der Waals surface area contributed by atoms with Gasteiger partial charge in [-0.3, -0.25) is 9.59 Å². The molecule has 0 unspecified atom stereocenters. The summed E-state index contributed by atoms with van der Waals surface area (Å²) in [6.45, 7) is -0.361. The Balaban J connectivity index is 1.50. The Morgan fingerprint density at radius 1 is 1.13 bits per heavy atom. The normalized spacial score (nSPS) is 16.1. The fourth-order valence-electron chi connectivity index (χ4n) is 3.80. The Labute approximate surface area is 184 Å². The maximum Gasteiger partial charge on any atom is 0.255 e. The summed E-state index contributed by atoms with van der Waals surface area (Å²) in [5.74, 6) is 0.0196. The minimum absolute atomic E-state index is 0.121. The number of primary amides is 1. The Morgan fingerprint density at radius 2 is 1.87 bits per heavy atom. The number of hydrogen-bond acceptors (Lipinski definition) is 6. The molecule has 2 aliphatic rings. The number of hydrogen-bond donors (Lipinski definition) is 2. The third kappa shape index (κ3) is 4.49. The maximum atomic E-state index is 12.8. The van der Waals surface area contributed by atoms with Crippen LogP contribution in [0.25, 0.3) is 0 Å². The number of ether oxygens (including phenoxy) is 4. The van der Waals surface area contributed by atoms with Gasteiger partial charge in [0.15, 0.2) is 29.6 Å². The van der Waals surface area contributed by atoms with Gasteiger partial charge >= 0.3 is 0 Å².